The second-order valence-corrected chi connectivity index (χ2v) is 8.20. The van der Waals surface area contributed by atoms with E-state index in [0.717, 1.165) is 0 Å². The Morgan fingerprint density at radius 2 is 1.87 bits per heavy atom. The van der Waals surface area contributed by atoms with Gasteiger partial charge in [0.05, 0.1) is 17.7 Å². The van der Waals surface area contributed by atoms with Crippen LogP contribution in [0.5, 0.6) is 5.75 Å². The molecule has 2 heterocycles. The SMILES string of the molecule is CCC(=O)O.COc1cccc(NS(=O)(=O)c2ccc3[nH]c(=O)c4[nH]ccc4c3c2)c1. The molecular formula is C21H21N3O6S. The highest BCUT2D eigenvalue weighted by Crippen LogP contribution is 2.25. The number of anilines is 1. The molecule has 0 aliphatic carbocycles. The first-order chi connectivity index (χ1) is 14.7. The van der Waals surface area contributed by atoms with Crippen LogP contribution < -0.4 is 15.0 Å². The van der Waals surface area contributed by atoms with Crippen molar-refractivity contribution in [1.29, 1.82) is 0 Å². The van der Waals surface area contributed by atoms with Crippen molar-refractivity contribution in [3.8, 4) is 5.75 Å². The van der Waals surface area contributed by atoms with Gasteiger partial charge in [0, 0.05) is 35.0 Å². The number of fused-ring (bicyclic) bond motifs is 3. The molecule has 0 fully saturated rings. The van der Waals surface area contributed by atoms with Crippen molar-refractivity contribution < 1.29 is 23.1 Å². The molecule has 0 saturated carbocycles. The number of pyridine rings is 1. The maximum Gasteiger partial charge on any atom is 0.303 e. The van der Waals surface area contributed by atoms with E-state index in [2.05, 4.69) is 14.7 Å². The molecule has 0 saturated heterocycles. The summed E-state index contributed by atoms with van der Waals surface area (Å²) in [5.41, 5.74) is 1.13. The summed E-state index contributed by atoms with van der Waals surface area (Å²) >= 11 is 0. The number of aromatic nitrogens is 2. The van der Waals surface area contributed by atoms with Crippen LogP contribution in [0.4, 0.5) is 5.69 Å². The molecular weight excluding hydrogens is 422 g/mol. The molecule has 0 aliphatic rings. The number of nitrogens with one attached hydrogen (secondary N) is 3. The van der Waals surface area contributed by atoms with E-state index in [1.54, 1.807) is 55.6 Å². The molecule has 2 aromatic heterocycles. The van der Waals surface area contributed by atoms with E-state index >= 15 is 0 Å². The second-order valence-electron chi connectivity index (χ2n) is 6.51. The zero-order valence-electron chi connectivity index (χ0n) is 16.8. The fraction of sp³-hybridized carbons (Fsp3) is 0.143. The molecule has 0 aliphatic heterocycles. The summed E-state index contributed by atoms with van der Waals surface area (Å²) in [6, 6.07) is 13.0. The molecule has 4 N–H and O–H groups in total. The van der Waals surface area contributed by atoms with Crippen LogP contribution in [-0.4, -0.2) is 36.6 Å². The van der Waals surface area contributed by atoms with Crippen LogP contribution in [0.3, 0.4) is 0 Å². The van der Waals surface area contributed by atoms with Gasteiger partial charge in [0.25, 0.3) is 15.6 Å². The summed E-state index contributed by atoms with van der Waals surface area (Å²) < 4.78 is 33.2. The Kier molecular flexibility index (Phi) is 6.30. The third kappa shape index (κ3) is 4.86. The van der Waals surface area contributed by atoms with E-state index in [1.165, 1.54) is 13.2 Å². The zero-order chi connectivity index (χ0) is 22.6. The number of carbonyl (C=O) groups is 1. The molecule has 0 unspecified atom stereocenters. The molecule has 162 valence electrons. The molecule has 2 aromatic carbocycles. The highest BCUT2D eigenvalue weighted by Gasteiger charge is 2.16. The number of rotatable bonds is 5. The summed E-state index contributed by atoms with van der Waals surface area (Å²) in [6.45, 7) is 1.60. The summed E-state index contributed by atoms with van der Waals surface area (Å²) in [6.07, 6.45) is 1.87. The number of hydrogen-bond donors (Lipinski definition) is 4. The van der Waals surface area contributed by atoms with Crippen molar-refractivity contribution in [2.45, 2.75) is 18.2 Å². The van der Waals surface area contributed by atoms with Crippen LogP contribution in [0.1, 0.15) is 13.3 Å². The summed E-state index contributed by atoms with van der Waals surface area (Å²) in [7, 11) is -2.29. The third-order valence-electron chi connectivity index (χ3n) is 4.44. The first kappa shape index (κ1) is 21.9. The van der Waals surface area contributed by atoms with Crippen molar-refractivity contribution in [2.24, 2.45) is 0 Å². The van der Waals surface area contributed by atoms with Gasteiger partial charge in [-0.25, -0.2) is 8.42 Å². The normalized spacial score (nSPS) is 11.0. The van der Waals surface area contributed by atoms with Crippen molar-refractivity contribution in [2.75, 3.05) is 11.8 Å². The topological polar surface area (TPSA) is 141 Å². The molecule has 0 radical (unpaired) electrons. The lowest BCUT2D eigenvalue weighted by atomic mass is 10.1. The number of aromatic amines is 2. The first-order valence-corrected chi connectivity index (χ1v) is 10.7. The molecule has 0 spiro atoms. The van der Waals surface area contributed by atoms with Gasteiger partial charge in [-0.3, -0.25) is 14.3 Å². The second kappa shape index (κ2) is 8.92. The molecule has 31 heavy (non-hydrogen) atoms. The minimum atomic E-state index is -3.80. The molecule has 9 nitrogen and oxygen atoms in total. The predicted molar refractivity (Wildman–Crippen MR) is 118 cm³/mol. The average molecular weight is 443 g/mol. The lowest BCUT2D eigenvalue weighted by Crippen LogP contribution is -2.13. The Labute approximate surface area is 177 Å². The predicted octanol–water partition coefficient (Wildman–Crippen LogP) is 3.30. The number of carboxylic acid groups (broad SMARTS) is 1. The van der Waals surface area contributed by atoms with Gasteiger partial charge in [0.1, 0.15) is 11.3 Å². The Hall–Kier alpha value is -3.79. The van der Waals surface area contributed by atoms with E-state index in [0.29, 0.717) is 33.2 Å². The van der Waals surface area contributed by atoms with E-state index < -0.39 is 16.0 Å². The number of methoxy groups -OCH3 is 1. The standard InChI is InChI=1S/C18H15N3O4S.C3H6O2/c1-25-12-4-2-3-11(9-12)21-26(23,24)13-5-6-16-15(10-13)14-7-8-19-17(14)18(22)20-16;1-2-3(4)5/h2-10,19,21H,1H3,(H,20,22);2H2,1H3,(H,4,5). The number of sulfonamides is 1. The monoisotopic (exact) mass is 443 g/mol. The number of carboxylic acids is 1. The van der Waals surface area contributed by atoms with Crippen molar-refractivity contribution in [3.63, 3.8) is 0 Å². The van der Waals surface area contributed by atoms with E-state index in [4.69, 9.17) is 9.84 Å². The fourth-order valence-corrected chi connectivity index (χ4v) is 3.96. The Balaban J connectivity index is 0.000000491. The molecule has 10 heteroatoms. The van der Waals surface area contributed by atoms with Gasteiger partial charge in [-0.2, -0.15) is 0 Å². The minimum Gasteiger partial charge on any atom is -0.497 e. The van der Waals surface area contributed by atoms with Crippen LogP contribution in [0.25, 0.3) is 21.8 Å². The van der Waals surface area contributed by atoms with E-state index in [1.807, 2.05) is 0 Å². The fourth-order valence-electron chi connectivity index (χ4n) is 2.89. The molecule has 4 aromatic rings. The van der Waals surface area contributed by atoms with Gasteiger partial charge >= 0.3 is 5.97 Å². The molecule has 0 bridgehead atoms. The lowest BCUT2D eigenvalue weighted by Gasteiger charge is -2.10. The highest BCUT2D eigenvalue weighted by molar-refractivity contribution is 7.92. The third-order valence-corrected chi connectivity index (χ3v) is 5.82. The number of H-pyrrole nitrogens is 2. The van der Waals surface area contributed by atoms with Crippen molar-refractivity contribution in [3.05, 3.63) is 65.1 Å². The van der Waals surface area contributed by atoms with Gasteiger partial charge in [-0.05, 0) is 36.4 Å². The van der Waals surface area contributed by atoms with Crippen LogP contribution in [0.2, 0.25) is 0 Å². The van der Waals surface area contributed by atoms with Crippen LogP contribution in [-0.2, 0) is 14.8 Å². The Morgan fingerprint density at radius 3 is 2.55 bits per heavy atom. The smallest absolute Gasteiger partial charge is 0.303 e. The average Bonchev–Trinajstić information content (AvgIpc) is 3.25. The van der Waals surface area contributed by atoms with Gasteiger partial charge < -0.3 is 19.8 Å². The largest absolute Gasteiger partial charge is 0.497 e. The Bertz CT molecular complexity index is 1410. The minimum absolute atomic E-state index is 0.0994. The zero-order valence-corrected chi connectivity index (χ0v) is 17.6. The highest BCUT2D eigenvalue weighted by atomic mass is 32.2. The van der Waals surface area contributed by atoms with E-state index in [9.17, 15) is 18.0 Å². The number of benzene rings is 2. The number of aliphatic carboxylic acids is 1. The number of hydrogen-bond acceptors (Lipinski definition) is 5. The van der Waals surface area contributed by atoms with Crippen LogP contribution in [0, 0.1) is 0 Å². The van der Waals surface area contributed by atoms with Crippen LogP contribution in [0.15, 0.2) is 64.4 Å². The summed E-state index contributed by atoms with van der Waals surface area (Å²) in [5, 5.41) is 9.04. The maximum absolute atomic E-state index is 12.8. The Morgan fingerprint density at radius 1 is 1.13 bits per heavy atom. The quantitative estimate of drug-likeness (QED) is 0.373. The number of ether oxygens (including phenoxy) is 1. The van der Waals surface area contributed by atoms with Crippen molar-refractivity contribution in [1.82, 2.24) is 9.97 Å². The summed E-state index contributed by atoms with van der Waals surface area (Å²) in [4.78, 5) is 27.1. The van der Waals surface area contributed by atoms with E-state index in [-0.39, 0.29) is 16.9 Å². The van der Waals surface area contributed by atoms with Crippen molar-refractivity contribution >= 4 is 43.5 Å². The van der Waals surface area contributed by atoms with Gasteiger partial charge in [-0.15, -0.1) is 0 Å². The molecule has 0 amide bonds. The summed E-state index contributed by atoms with van der Waals surface area (Å²) in [5.74, 6) is -0.194. The maximum atomic E-state index is 12.8. The molecule has 4 rings (SSSR count). The lowest BCUT2D eigenvalue weighted by molar-refractivity contribution is -0.136. The van der Waals surface area contributed by atoms with Gasteiger partial charge in [-0.1, -0.05) is 13.0 Å². The van der Waals surface area contributed by atoms with Gasteiger partial charge in [0.15, 0.2) is 0 Å². The van der Waals surface area contributed by atoms with Gasteiger partial charge in [0.2, 0.25) is 0 Å². The van der Waals surface area contributed by atoms with Crippen LogP contribution >= 0.6 is 0 Å². The molecule has 0 atom stereocenters. The first-order valence-electron chi connectivity index (χ1n) is 9.27.